The Morgan fingerprint density at radius 3 is 1.91 bits per heavy atom. The number of carbonyl (C=O) groups excluding carboxylic acids is 1. The molecule has 0 spiro atoms. The third kappa shape index (κ3) is 2.71. The summed E-state index contributed by atoms with van der Waals surface area (Å²) in [5.74, 6) is -3.81. The van der Waals surface area contributed by atoms with Gasteiger partial charge in [0.2, 0.25) is 0 Å². The molecule has 0 amide bonds. The van der Waals surface area contributed by atoms with Crippen molar-refractivity contribution in [1.82, 2.24) is 0 Å². The van der Waals surface area contributed by atoms with Crippen LogP contribution in [0, 0.1) is 12.7 Å². The smallest absolute Gasteiger partial charge is 0.336 e. The number of hydrogen-bond acceptors (Lipinski definition) is 3. The monoisotopic (exact) mass is 302 g/mol. The highest BCUT2D eigenvalue weighted by atomic mass is 19.1. The Morgan fingerprint density at radius 1 is 0.864 bits per heavy atom. The third-order valence-corrected chi connectivity index (χ3v) is 3.26. The van der Waals surface area contributed by atoms with Crippen molar-refractivity contribution in [3.05, 3.63) is 70.0 Å². The van der Waals surface area contributed by atoms with E-state index in [1.807, 2.05) is 0 Å². The van der Waals surface area contributed by atoms with Crippen molar-refractivity contribution in [2.24, 2.45) is 0 Å². The first-order chi connectivity index (χ1) is 10.3. The van der Waals surface area contributed by atoms with Gasteiger partial charge in [0.15, 0.2) is 5.78 Å². The number of carboxylic acid groups (broad SMARTS) is 2. The van der Waals surface area contributed by atoms with E-state index in [4.69, 9.17) is 5.11 Å². The van der Waals surface area contributed by atoms with E-state index in [2.05, 4.69) is 0 Å². The van der Waals surface area contributed by atoms with E-state index in [0.29, 0.717) is 0 Å². The van der Waals surface area contributed by atoms with Gasteiger partial charge < -0.3 is 10.2 Å². The zero-order valence-electron chi connectivity index (χ0n) is 11.5. The van der Waals surface area contributed by atoms with E-state index in [9.17, 15) is 23.9 Å². The van der Waals surface area contributed by atoms with Gasteiger partial charge in [-0.25, -0.2) is 14.0 Å². The SMILES string of the molecule is Cc1c(C(=O)O)ccc(C(=O)c2ccc(F)cc2)c1C(=O)O. The molecule has 0 radical (unpaired) electrons. The van der Waals surface area contributed by atoms with E-state index in [-0.39, 0.29) is 27.8 Å². The van der Waals surface area contributed by atoms with Crippen LogP contribution in [0.4, 0.5) is 4.39 Å². The number of halogens is 1. The number of carboxylic acids is 2. The predicted molar refractivity (Wildman–Crippen MR) is 74.9 cm³/mol. The molecular weight excluding hydrogens is 291 g/mol. The maximum Gasteiger partial charge on any atom is 0.336 e. The lowest BCUT2D eigenvalue weighted by Crippen LogP contribution is -2.14. The van der Waals surface area contributed by atoms with Gasteiger partial charge in [-0.3, -0.25) is 4.79 Å². The molecule has 0 aliphatic heterocycles. The van der Waals surface area contributed by atoms with Gasteiger partial charge in [0.25, 0.3) is 0 Å². The van der Waals surface area contributed by atoms with Gasteiger partial charge in [0.1, 0.15) is 5.82 Å². The van der Waals surface area contributed by atoms with Crippen molar-refractivity contribution in [2.75, 3.05) is 0 Å². The van der Waals surface area contributed by atoms with Crippen molar-refractivity contribution in [3.8, 4) is 0 Å². The maximum atomic E-state index is 12.9. The molecule has 112 valence electrons. The zero-order valence-corrected chi connectivity index (χ0v) is 11.5. The topological polar surface area (TPSA) is 91.7 Å². The largest absolute Gasteiger partial charge is 0.478 e. The van der Waals surface area contributed by atoms with E-state index in [1.165, 1.54) is 25.1 Å². The van der Waals surface area contributed by atoms with Crippen molar-refractivity contribution in [3.63, 3.8) is 0 Å². The average Bonchev–Trinajstić information content (AvgIpc) is 2.46. The van der Waals surface area contributed by atoms with Gasteiger partial charge in [-0.2, -0.15) is 0 Å². The van der Waals surface area contributed by atoms with Crippen molar-refractivity contribution in [1.29, 1.82) is 0 Å². The molecule has 22 heavy (non-hydrogen) atoms. The van der Waals surface area contributed by atoms with Crippen LogP contribution in [0.1, 0.15) is 42.2 Å². The number of benzene rings is 2. The second-order valence-corrected chi connectivity index (χ2v) is 4.61. The Hall–Kier alpha value is -3.02. The molecule has 0 fully saturated rings. The summed E-state index contributed by atoms with van der Waals surface area (Å²) < 4.78 is 12.9. The molecular formula is C16H11FO5. The zero-order chi connectivity index (χ0) is 16.4. The average molecular weight is 302 g/mol. The fraction of sp³-hybridized carbons (Fsp3) is 0.0625. The van der Waals surface area contributed by atoms with Crippen LogP contribution in [0.15, 0.2) is 36.4 Å². The Morgan fingerprint density at radius 2 is 1.41 bits per heavy atom. The molecule has 0 atom stereocenters. The van der Waals surface area contributed by atoms with E-state index in [0.717, 1.165) is 18.2 Å². The lowest BCUT2D eigenvalue weighted by molar-refractivity contribution is 0.0691. The standard InChI is InChI=1S/C16H11FO5/c1-8-11(15(19)20)6-7-12(13(8)16(21)22)14(18)9-2-4-10(17)5-3-9/h2-7H,1H3,(H,19,20)(H,21,22). The molecule has 2 rings (SSSR count). The second-order valence-electron chi connectivity index (χ2n) is 4.61. The Kier molecular flexibility index (Phi) is 4.03. The van der Waals surface area contributed by atoms with Crippen LogP contribution in [-0.2, 0) is 0 Å². The summed E-state index contributed by atoms with van der Waals surface area (Å²) in [6.45, 7) is 1.33. The lowest BCUT2D eigenvalue weighted by Gasteiger charge is -2.11. The highest BCUT2D eigenvalue weighted by Gasteiger charge is 2.23. The molecule has 6 heteroatoms. The first kappa shape index (κ1) is 15.4. The molecule has 2 aromatic rings. The summed E-state index contributed by atoms with van der Waals surface area (Å²) in [5.41, 5.74) is -0.580. The number of aromatic carboxylic acids is 2. The van der Waals surface area contributed by atoms with Gasteiger partial charge >= 0.3 is 11.9 Å². The predicted octanol–water partition coefficient (Wildman–Crippen LogP) is 2.76. The first-order valence-corrected chi connectivity index (χ1v) is 6.23. The molecule has 2 aromatic carbocycles. The van der Waals surface area contributed by atoms with Crippen LogP contribution >= 0.6 is 0 Å². The fourth-order valence-electron chi connectivity index (χ4n) is 2.16. The Balaban J connectivity index is 2.62. The quantitative estimate of drug-likeness (QED) is 0.847. The second kappa shape index (κ2) is 5.77. The van der Waals surface area contributed by atoms with Gasteiger partial charge in [0.05, 0.1) is 11.1 Å². The fourth-order valence-corrected chi connectivity index (χ4v) is 2.16. The van der Waals surface area contributed by atoms with Crippen molar-refractivity contribution < 1.29 is 29.0 Å². The summed E-state index contributed by atoms with van der Waals surface area (Å²) in [6, 6.07) is 7.00. The number of carbonyl (C=O) groups is 3. The summed E-state index contributed by atoms with van der Waals surface area (Å²) in [6.07, 6.45) is 0. The molecule has 0 saturated carbocycles. The van der Waals surface area contributed by atoms with Crippen LogP contribution in [0.5, 0.6) is 0 Å². The summed E-state index contributed by atoms with van der Waals surface area (Å²) in [5, 5.41) is 18.3. The molecule has 2 N–H and O–H groups in total. The van der Waals surface area contributed by atoms with Gasteiger partial charge in [0, 0.05) is 11.1 Å². The highest BCUT2D eigenvalue weighted by Crippen LogP contribution is 2.22. The number of rotatable bonds is 4. The Labute approximate surface area is 124 Å². The highest BCUT2D eigenvalue weighted by molar-refractivity contribution is 6.15. The summed E-state index contributed by atoms with van der Waals surface area (Å²) >= 11 is 0. The number of hydrogen-bond donors (Lipinski definition) is 2. The normalized spacial score (nSPS) is 10.3. The molecule has 0 saturated heterocycles. The van der Waals surface area contributed by atoms with Gasteiger partial charge in [-0.1, -0.05) is 0 Å². The molecule has 0 heterocycles. The minimum absolute atomic E-state index is 0.00652. The summed E-state index contributed by atoms with van der Waals surface area (Å²) in [7, 11) is 0. The van der Waals surface area contributed by atoms with Gasteiger partial charge in [-0.15, -0.1) is 0 Å². The molecule has 0 unspecified atom stereocenters. The van der Waals surface area contributed by atoms with Crippen LogP contribution in [0.25, 0.3) is 0 Å². The minimum Gasteiger partial charge on any atom is -0.478 e. The summed E-state index contributed by atoms with van der Waals surface area (Å²) in [4.78, 5) is 34.9. The van der Waals surface area contributed by atoms with Crippen molar-refractivity contribution in [2.45, 2.75) is 6.92 Å². The van der Waals surface area contributed by atoms with Crippen LogP contribution in [0.2, 0.25) is 0 Å². The molecule has 5 nitrogen and oxygen atoms in total. The molecule has 0 aliphatic carbocycles. The maximum absolute atomic E-state index is 12.9. The van der Waals surface area contributed by atoms with Crippen LogP contribution < -0.4 is 0 Å². The molecule has 0 aliphatic rings. The van der Waals surface area contributed by atoms with Crippen LogP contribution in [0.3, 0.4) is 0 Å². The van der Waals surface area contributed by atoms with Crippen molar-refractivity contribution >= 4 is 17.7 Å². The minimum atomic E-state index is -1.40. The third-order valence-electron chi connectivity index (χ3n) is 3.26. The van der Waals surface area contributed by atoms with Gasteiger partial charge in [-0.05, 0) is 48.9 Å². The first-order valence-electron chi connectivity index (χ1n) is 6.23. The van der Waals surface area contributed by atoms with E-state index in [1.54, 1.807) is 0 Å². The Bertz CT molecular complexity index is 778. The molecule has 0 aromatic heterocycles. The van der Waals surface area contributed by atoms with E-state index >= 15 is 0 Å². The lowest BCUT2D eigenvalue weighted by atomic mass is 9.92. The molecule has 0 bridgehead atoms. The van der Waals surface area contributed by atoms with E-state index < -0.39 is 23.5 Å². The number of ketones is 1. The van der Waals surface area contributed by atoms with Crippen LogP contribution in [-0.4, -0.2) is 27.9 Å².